The van der Waals surface area contributed by atoms with Gasteiger partial charge >= 0.3 is 0 Å². The van der Waals surface area contributed by atoms with E-state index in [0.29, 0.717) is 18.0 Å². The molecule has 3 rings (SSSR count). The third-order valence-electron chi connectivity index (χ3n) is 4.71. The van der Waals surface area contributed by atoms with Gasteiger partial charge in [0.2, 0.25) is 0 Å². The van der Waals surface area contributed by atoms with Gasteiger partial charge in [0.1, 0.15) is 0 Å². The van der Waals surface area contributed by atoms with Crippen LogP contribution in [-0.4, -0.2) is 10.9 Å². The molecule has 0 amide bonds. The van der Waals surface area contributed by atoms with E-state index in [9.17, 15) is 0 Å². The monoisotopic (exact) mass is 317 g/mol. The number of allylic oxidation sites excluding steroid dienone is 2. The van der Waals surface area contributed by atoms with E-state index in [2.05, 4.69) is 106 Å². The van der Waals surface area contributed by atoms with Crippen LogP contribution in [0.5, 0.6) is 0 Å². The molecule has 1 heteroatoms. The average Bonchev–Trinajstić information content (AvgIpc) is 2.62. The van der Waals surface area contributed by atoms with Crippen molar-refractivity contribution in [1.82, 2.24) is 4.90 Å². The number of hydrogen-bond acceptors (Lipinski definition) is 1. The topological polar surface area (TPSA) is 3.24 Å². The summed E-state index contributed by atoms with van der Waals surface area (Å²) in [4.78, 5) is 2.44. The van der Waals surface area contributed by atoms with Gasteiger partial charge in [-0.1, -0.05) is 68.5 Å². The van der Waals surface area contributed by atoms with Gasteiger partial charge in [0.15, 0.2) is 0 Å². The molecule has 1 aliphatic heterocycles. The lowest BCUT2D eigenvalue weighted by Crippen LogP contribution is -2.31. The summed E-state index contributed by atoms with van der Waals surface area (Å²) < 4.78 is 0. The van der Waals surface area contributed by atoms with E-state index in [0.717, 1.165) is 0 Å². The normalized spacial score (nSPS) is 17.5. The van der Waals surface area contributed by atoms with Crippen molar-refractivity contribution in [3.63, 3.8) is 0 Å². The molecule has 0 spiro atoms. The number of nitrogens with zero attached hydrogens (tertiary/aromatic N) is 1. The highest BCUT2D eigenvalue weighted by Crippen LogP contribution is 2.33. The highest BCUT2D eigenvalue weighted by atomic mass is 15.2. The minimum atomic E-state index is 0.302. The maximum atomic E-state index is 2.44. The van der Waals surface area contributed by atoms with Crippen LogP contribution in [-0.2, 0) is 0 Å². The van der Waals surface area contributed by atoms with E-state index in [1.54, 1.807) is 0 Å². The molecule has 0 aromatic heterocycles. The predicted molar refractivity (Wildman–Crippen MR) is 104 cm³/mol. The molecule has 124 valence electrons. The molecule has 0 radical (unpaired) electrons. The SMILES string of the molecule is CC(C)C1=CC(c2cccc(-c3ccccc3)c2)N(C(C)C)C=C1. The zero-order valence-electron chi connectivity index (χ0n) is 15.1. The smallest absolute Gasteiger partial charge is 0.0729 e. The fourth-order valence-electron chi connectivity index (χ4n) is 3.27. The van der Waals surface area contributed by atoms with Crippen LogP contribution in [0.25, 0.3) is 11.1 Å². The van der Waals surface area contributed by atoms with Crippen molar-refractivity contribution in [3.8, 4) is 11.1 Å². The van der Waals surface area contributed by atoms with Gasteiger partial charge in [0, 0.05) is 12.2 Å². The summed E-state index contributed by atoms with van der Waals surface area (Å²) in [6, 6.07) is 20.4. The molecule has 2 aromatic rings. The Kier molecular flexibility index (Phi) is 4.89. The summed E-state index contributed by atoms with van der Waals surface area (Å²) in [5.74, 6) is 0.551. The molecule has 2 aromatic carbocycles. The Labute approximate surface area is 146 Å². The number of benzene rings is 2. The van der Waals surface area contributed by atoms with Crippen LogP contribution < -0.4 is 0 Å². The Balaban J connectivity index is 2.01. The first-order valence-electron chi connectivity index (χ1n) is 8.89. The van der Waals surface area contributed by atoms with Crippen LogP contribution in [0.1, 0.15) is 39.3 Å². The molecule has 1 nitrogen and oxygen atoms in total. The van der Waals surface area contributed by atoms with E-state index in [4.69, 9.17) is 0 Å². The molecule has 0 N–H and O–H groups in total. The molecule has 1 atom stereocenters. The van der Waals surface area contributed by atoms with Crippen molar-refractivity contribution in [2.45, 2.75) is 39.8 Å². The molecule has 0 saturated carbocycles. The molecular weight excluding hydrogens is 290 g/mol. The fourth-order valence-corrected chi connectivity index (χ4v) is 3.27. The molecule has 1 unspecified atom stereocenters. The van der Waals surface area contributed by atoms with Crippen LogP contribution in [0.3, 0.4) is 0 Å². The summed E-state index contributed by atoms with van der Waals surface area (Å²) in [6.07, 6.45) is 6.96. The predicted octanol–water partition coefficient (Wildman–Crippen LogP) is 6.21. The Morgan fingerprint density at radius 2 is 1.54 bits per heavy atom. The average molecular weight is 317 g/mol. The molecule has 0 bridgehead atoms. The zero-order chi connectivity index (χ0) is 17.1. The van der Waals surface area contributed by atoms with Crippen molar-refractivity contribution in [1.29, 1.82) is 0 Å². The van der Waals surface area contributed by atoms with E-state index >= 15 is 0 Å². The molecule has 24 heavy (non-hydrogen) atoms. The summed E-state index contributed by atoms with van der Waals surface area (Å²) in [5, 5.41) is 0. The molecule has 0 aliphatic carbocycles. The van der Waals surface area contributed by atoms with Gasteiger partial charge < -0.3 is 4.90 Å². The van der Waals surface area contributed by atoms with Gasteiger partial charge in [0.25, 0.3) is 0 Å². The lowest BCUT2D eigenvalue weighted by molar-refractivity contribution is 0.260. The van der Waals surface area contributed by atoms with Gasteiger partial charge in [-0.3, -0.25) is 0 Å². The van der Waals surface area contributed by atoms with E-state index in [-0.39, 0.29) is 0 Å². The highest BCUT2D eigenvalue weighted by Gasteiger charge is 2.22. The lowest BCUT2D eigenvalue weighted by Gasteiger charge is -2.36. The second-order valence-corrected chi connectivity index (χ2v) is 7.11. The first kappa shape index (κ1) is 16.6. The maximum Gasteiger partial charge on any atom is 0.0729 e. The molecule has 1 heterocycles. The van der Waals surface area contributed by atoms with Gasteiger partial charge in [-0.05, 0) is 54.2 Å². The van der Waals surface area contributed by atoms with Crippen molar-refractivity contribution >= 4 is 0 Å². The summed E-state index contributed by atoms with van der Waals surface area (Å²) in [5.41, 5.74) is 5.33. The summed E-state index contributed by atoms with van der Waals surface area (Å²) in [7, 11) is 0. The molecular formula is C23H27N. The van der Waals surface area contributed by atoms with E-state index in [1.165, 1.54) is 22.3 Å². The van der Waals surface area contributed by atoms with Gasteiger partial charge in [-0.25, -0.2) is 0 Å². The van der Waals surface area contributed by atoms with Crippen LogP contribution in [0.15, 0.2) is 78.5 Å². The van der Waals surface area contributed by atoms with Crippen molar-refractivity contribution in [3.05, 3.63) is 84.1 Å². The summed E-state index contributed by atoms with van der Waals surface area (Å²) in [6.45, 7) is 9.04. The minimum Gasteiger partial charge on any atom is -0.365 e. The largest absolute Gasteiger partial charge is 0.365 e. The lowest BCUT2D eigenvalue weighted by atomic mass is 9.91. The van der Waals surface area contributed by atoms with Gasteiger partial charge in [-0.2, -0.15) is 0 Å². The second-order valence-electron chi connectivity index (χ2n) is 7.11. The third kappa shape index (κ3) is 3.46. The van der Waals surface area contributed by atoms with Crippen LogP contribution in [0.4, 0.5) is 0 Å². The van der Waals surface area contributed by atoms with Crippen molar-refractivity contribution < 1.29 is 0 Å². The zero-order valence-corrected chi connectivity index (χ0v) is 15.1. The fraction of sp³-hybridized carbons (Fsp3) is 0.304. The number of rotatable bonds is 4. The third-order valence-corrected chi connectivity index (χ3v) is 4.71. The minimum absolute atomic E-state index is 0.302. The van der Waals surface area contributed by atoms with Gasteiger partial charge in [0.05, 0.1) is 6.04 Å². The van der Waals surface area contributed by atoms with E-state index < -0.39 is 0 Å². The number of hydrogen-bond donors (Lipinski definition) is 0. The molecule has 0 fully saturated rings. The summed E-state index contributed by atoms with van der Waals surface area (Å²) >= 11 is 0. The van der Waals surface area contributed by atoms with Crippen LogP contribution in [0, 0.1) is 5.92 Å². The maximum absolute atomic E-state index is 2.44. The first-order chi connectivity index (χ1) is 11.6. The van der Waals surface area contributed by atoms with Crippen molar-refractivity contribution in [2.24, 2.45) is 5.92 Å². The van der Waals surface area contributed by atoms with Gasteiger partial charge in [-0.15, -0.1) is 0 Å². The van der Waals surface area contributed by atoms with Crippen molar-refractivity contribution in [2.75, 3.05) is 0 Å². The molecule has 1 aliphatic rings. The Hall–Kier alpha value is -2.28. The van der Waals surface area contributed by atoms with Crippen LogP contribution in [0.2, 0.25) is 0 Å². The first-order valence-corrected chi connectivity index (χ1v) is 8.89. The second kappa shape index (κ2) is 7.09. The Morgan fingerprint density at radius 1 is 0.833 bits per heavy atom. The van der Waals surface area contributed by atoms with E-state index in [1.807, 2.05) is 0 Å². The Morgan fingerprint density at radius 3 is 2.21 bits per heavy atom. The quantitative estimate of drug-likeness (QED) is 0.647. The highest BCUT2D eigenvalue weighted by molar-refractivity contribution is 5.64. The molecule has 0 saturated heterocycles. The standard InChI is InChI=1S/C23H27N/c1-17(2)20-13-14-24(18(3)4)23(16-20)22-12-8-11-21(15-22)19-9-6-5-7-10-19/h5-18,23H,1-4H3. The Bertz CT molecular complexity index is 738. The van der Waals surface area contributed by atoms with Crippen LogP contribution >= 0.6 is 0 Å².